The second-order valence-electron chi connectivity index (χ2n) is 5.68. The van der Waals surface area contributed by atoms with E-state index < -0.39 is 0 Å². The van der Waals surface area contributed by atoms with Crippen LogP contribution in [-0.4, -0.2) is 10.6 Å². The van der Waals surface area contributed by atoms with Crippen LogP contribution < -0.4 is 4.80 Å². The summed E-state index contributed by atoms with van der Waals surface area (Å²) in [4.78, 5) is 7.46. The zero-order valence-electron chi connectivity index (χ0n) is 11.0. The Balaban J connectivity index is 2.59. The summed E-state index contributed by atoms with van der Waals surface area (Å²) >= 11 is 1.89. The summed E-state index contributed by atoms with van der Waals surface area (Å²) in [5.74, 6) is 0. The van der Waals surface area contributed by atoms with Crippen LogP contribution in [0.4, 0.5) is 0 Å². The number of hydrogen-bond donors (Lipinski definition) is 0. The summed E-state index contributed by atoms with van der Waals surface area (Å²) in [6, 6.07) is 0.384. The summed E-state index contributed by atoms with van der Waals surface area (Å²) in [7, 11) is 2.16. The van der Waals surface area contributed by atoms with Crippen molar-refractivity contribution >= 4 is 11.3 Å². The third-order valence-electron chi connectivity index (χ3n) is 3.35. The molecule has 0 saturated carbocycles. The maximum atomic E-state index is 4.71. The fourth-order valence-electron chi connectivity index (χ4n) is 2.44. The minimum atomic E-state index is 0.348. The molecule has 0 aromatic carbocycles. The van der Waals surface area contributed by atoms with Crippen molar-refractivity contribution in [1.82, 2.24) is 4.57 Å². The first kappa shape index (κ1) is 11.9. The highest BCUT2D eigenvalue weighted by Crippen LogP contribution is 2.38. The molecule has 0 aliphatic heterocycles. The number of thiazole rings is 1. The van der Waals surface area contributed by atoms with E-state index in [1.165, 1.54) is 29.8 Å². The van der Waals surface area contributed by atoms with Gasteiger partial charge < -0.3 is 4.57 Å². The Hall–Kier alpha value is -0.570. The molecule has 0 unspecified atom stereocenters. The summed E-state index contributed by atoms with van der Waals surface area (Å²) in [5, 5.41) is 0. The number of nitrogens with zero attached hydrogens (tertiary/aromatic N) is 2. The zero-order valence-corrected chi connectivity index (χ0v) is 11.8. The van der Waals surface area contributed by atoms with Gasteiger partial charge in [0.15, 0.2) is 4.80 Å². The van der Waals surface area contributed by atoms with Gasteiger partial charge in [0.2, 0.25) is 0 Å². The molecule has 1 aliphatic carbocycles. The lowest BCUT2D eigenvalue weighted by molar-refractivity contribution is 0.431. The largest absolute Gasteiger partial charge is 0.324 e. The van der Waals surface area contributed by atoms with Crippen molar-refractivity contribution in [3.05, 3.63) is 15.4 Å². The smallest absolute Gasteiger partial charge is 0.185 e. The fraction of sp³-hybridized carbons (Fsp3) is 0.769. The highest BCUT2D eigenvalue weighted by molar-refractivity contribution is 7.09. The van der Waals surface area contributed by atoms with E-state index in [1.807, 2.05) is 11.3 Å². The molecule has 2 rings (SSSR count). The SMILES string of the molecule is CC(C)/N=c1\sc2c(n1C)CCCC2(C)C. The minimum Gasteiger partial charge on any atom is -0.324 e. The summed E-state index contributed by atoms with van der Waals surface area (Å²) < 4.78 is 2.31. The molecule has 0 bridgehead atoms. The van der Waals surface area contributed by atoms with Crippen molar-refractivity contribution < 1.29 is 0 Å². The Morgan fingerprint density at radius 3 is 2.62 bits per heavy atom. The molecule has 0 saturated heterocycles. The molecular formula is C13H22N2S. The van der Waals surface area contributed by atoms with Crippen LogP contribution in [0.3, 0.4) is 0 Å². The van der Waals surface area contributed by atoms with Gasteiger partial charge in [0, 0.05) is 29.1 Å². The van der Waals surface area contributed by atoms with Crippen molar-refractivity contribution in [3.8, 4) is 0 Å². The molecule has 0 amide bonds. The lowest BCUT2D eigenvalue weighted by Crippen LogP contribution is -2.23. The molecule has 3 heteroatoms. The van der Waals surface area contributed by atoms with Gasteiger partial charge in [0.1, 0.15) is 0 Å². The molecule has 1 aromatic rings. The van der Waals surface area contributed by atoms with Crippen LogP contribution in [0.25, 0.3) is 0 Å². The maximum Gasteiger partial charge on any atom is 0.185 e. The van der Waals surface area contributed by atoms with E-state index in [4.69, 9.17) is 4.99 Å². The van der Waals surface area contributed by atoms with Crippen LogP contribution in [-0.2, 0) is 18.9 Å². The quantitative estimate of drug-likeness (QED) is 0.715. The lowest BCUT2D eigenvalue weighted by Gasteiger charge is -2.29. The molecule has 0 fully saturated rings. The highest BCUT2D eigenvalue weighted by atomic mass is 32.1. The Bertz CT molecular complexity index is 449. The van der Waals surface area contributed by atoms with Crippen molar-refractivity contribution in [2.45, 2.75) is 58.4 Å². The number of hydrogen-bond acceptors (Lipinski definition) is 2. The molecule has 1 aromatic heterocycles. The monoisotopic (exact) mass is 238 g/mol. The van der Waals surface area contributed by atoms with Gasteiger partial charge in [0.25, 0.3) is 0 Å². The fourth-order valence-corrected chi connectivity index (χ4v) is 3.87. The van der Waals surface area contributed by atoms with Gasteiger partial charge in [-0.25, -0.2) is 0 Å². The normalized spacial score (nSPS) is 20.2. The van der Waals surface area contributed by atoms with Crippen molar-refractivity contribution in [1.29, 1.82) is 0 Å². The standard InChI is InChI=1S/C13H22N2S/c1-9(2)14-12-15(5)10-7-6-8-13(3,4)11(10)16-12/h9H,6-8H2,1-5H3/b14-12-. The van der Waals surface area contributed by atoms with Crippen LogP contribution in [0.2, 0.25) is 0 Å². The van der Waals surface area contributed by atoms with E-state index in [9.17, 15) is 0 Å². The molecule has 90 valence electrons. The van der Waals surface area contributed by atoms with Gasteiger partial charge in [0.05, 0.1) is 0 Å². The molecule has 2 nitrogen and oxygen atoms in total. The van der Waals surface area contributed by atoms with E-state index in [0.29, 0.717) is 11.5 Å². The predicted octanol–water partition coefficient (Wildman–Crippen LogP) is 3.01. The van der Waals surface area contributed by atoms with Gasteiger partial charge in [-0.2, -0.15) is 0 Å². The van der Waals surface area contributed by atoms with Crippen molar-refractivity contribution in [2.24, 2.45) is 12.0 Å². The zero-order chi connectivity index (χ0) is 11.9. The molecule has 0 spiro atoms. The Morgan fingerprint density at radius 2 is 2.06 bits per heavy atom. The van der Waals surface area contributed by atoms with Crippen molar-refractivity contribution in [3.63, 3.8) is 0 Å². The third-order valence-corrected chi connectivity index (χ3v) is 4.90. The third kappa shape index (κ3) is 1.97. The van der Waals surface area contributed by atoms with E-state index in [1.54, 1.807) is 4.88 Å². The summed E-state index contributed by atoms with van der Waals surface area (Å²) in [5.41, 5.74) is 1.86. The lowest BCUT2D eigenvalue weighted by atomic mass is 9.80. The Kier molecular flexibility index (Phi) is 2.99. The first-order chi connectivity index (χ1) is 7.42. The molecular weight excluding hydrogens is 216 g/mol. The van der Waals surface area contributed by atoms with Crippen LogP contribution in [0, 0.1) is 0 Å². The number of aromatic nitrogens is 1. The second-order valence-corrected chi connectivity index (χ2v) is 6.66. The van der Waals surface area contributed by atoms with Gasteiger partial charge in [-0.3, -0.25) is 4.99 Å². The molecule has 1 heterocycles. The molecule has 16 heavy (non-hydrogen) atoms. The molecule has 0 N–H and O–H groups in total. The number of fused-ring (bicyclic) bond motifs is 1. The molecule has 0 radical (unpaired) electrons. The van der Waals surface area contributed by atoms with Crippen LogP contribution in [0.1, 0.15) is 51.1 Å². The first-order valence-electron chi connectivity index (χ1n) is 6.15. The van der Waals surface area contributed by atoms with E-state index in [-0.39, 0.29) is 0 Å². The van der Waals surface area contributed by atoms with Crippen LogP contribution in [0.15, 0.2) is 4.99 Å². The van der Waals surface area contributed by atoms with Gasteiger partial charge in [-0.05, 0) is 33.1 Å². The Labute approximate surface area is 102 Å². The summed E-state index contributed by atoms with van der Waals surface area (Å²) in [6.07, 6.45) is 3.84. The van der Waals surface area contributed by atoms with Gasteiger partial charge in [-0.15, -0.1) is 11.3 Å². The number of rotatable bonds is 1. The van der Waals surface area contributed by atoms with E-state index in [2.05, 4.69) is 39.3 Å². The van der Waals surface area contributed by atoms with Gasteiger partial charge in [-0.1, -0.05) is 13.8 Å². The minimum absolute atomic E-state index is 0.348. The maximum absolute atomic E-state index is 4.71. The highest BCUT2D eigenvalue weighted by Gasteiger charge is 2.30. The Morgan fingerprint density at radius 1 is 1.38 bits per heavy atom. The van der Waals surface area contributed by atoms with E-state index >= 15 is 0 Å². The van der Waals surface area contributed by atoms with E-state index in [0.717, 1.165) is 0 Å². The van der Waals surface area contributed by atoms with Crippen LogP contribution in [0.5, 0.6) is 0 Å². The van der Waals surface area contributed by atoms with Crippen molar-refractivity contribution in [2.75, 3.05) is 0 Å². The second kappa shape index (κ2) is 4.02. The molecule has 0 atom stereocenters. The average Bonchev–Trinajstić information content (AvgIpc) is 2.45. The average molecular weight is 238 g/mol. The summed E-state index contributed by atoms with van der Waals surface area (Å²) in [6.45, 7) is 9.01. The first-order valence-corrected chi connectivity index (χ1v) is 6.96. The topological polar surface area (TPSA) is 17.3 Å². The van der Waals surface area contributed by atoms with Gasteiger partial charge >= 0.3 is 0 Å². The molecule has 1 aliphatic rings. The van der Waals surface area contributed by atoms with Crippen LogP contribution >= 0.6 is 11.3 Å². The predicted molar refractivity (Wildman–Crippen MR) is 70.0 cm³/mol.